The summed E-state index contributed by atoms with van der Waals surface area (Å²) in [7, 11) is 0. The number of nitrogens with one attached hydrogen (secondary N) is 1. The number of nitrogens with zero attached hydrogens (tertiary/aromatic N) is 1. The lowest BCUT2D eigenvalue weighted by atomic mass is 10.2. The minimum absolute atomic E-state index is 0.0259. The Bertz CT molecular complexity index is 824. The largest absolute Gasteiger partial charge is 0.422 e. The third-order valence-corrected chi connectivity index (χ3v) is 3.87. The van der Waals surface area contributed by atoms with Crippen LogP contribution in [0.3, 0.4) is 0 Å². The van der Waals surface area contributed by atoms with Crippen LogP contribution in [0.25, 0.3) is 11.0 Å². The van der Waals surface area contributed by atoms with Crippen LogP contribution in [0.1, 0.15) is 15.2 Å². The summed E-state index contributed by atoms with van der Waals surface area (Å²) in [5, 5.41) is 3.45. The lowest BCUT2D eigenvalue weighted by Gasteiger charge is -2.04. The highest BCUT2D eigenvalue weighted by Gasteiger charge is 2.13. The van der Waals surface area contributed by atoms with Crippen LogP contribution < -0.4 is 10.9 Å². The number of rotatable bonds is 4. The summed E-state index contributed by atoms with van der Waals surface area (Å²) in [6.45, 7) is 0.452. The summed E-state index contributed by atoms with van der Waals surface area (Å²) in [6.07, 6.45) is 2.45. The fraction of sp³-hybridized carbons (Fsp3) is 0.133. The van der Waals surface area contributed by atoms with Crippen LogP contribution in [0.15, 0.2) is 51.3 Å². The van der Waals surface area contributed by atoms with Gasteiger partial charge < -0.3 is 9.73 Å². The fourth-order valence-electron chi connectivity index (χ4n) is 1.98. The Kier molecular flexibility index (Phi) is 3.79. The molecule has 2 heterocycles. The van der Waals surface area contributed by atoms with E-state index in [2.05, 4.69) is 10.3 Å². The molecule has 0 fully saturated rings. The third kappa shape index (κ3) is 3.00. The lowest BCUT2D eigenvalue weighted by Crippen LogP contribution is -2.29. The molecule has 0 aliphatic rings. The van der Waals surface area contributed by atoms with Gasteiger partial charge in [-0.05, 0) is 12.1 Å². The van der Waals surface area contributed by atoms with Crippen molar-refractivity contribution in [2.45, 2.75) is 6.42 Å². The molecule has 0 aliphatic heterocycles. The third-order valence-electron chi connectivity index (χ3n) is 3.03. The van der Waals surface area contributed by atoms with Gasteiger partial charge in [0, 0.05) is 29.4 Å². The van der Waals surface area contributed by atoms with E-state index in [0.717, 1.165) is 10.3 Å². The Morgan fingerprint density at radius 1 is 1.33 bits per heavy atom. The van der Waals surface area contributed by atoms with Crippen LogP contribution in [-0.4, -0.2) is 17.4 Å². The number of carbonyl (C=O) groups is 1. The van der Waals surface area contributed by atoms with Gasteiger partial charge in [0.2, 0.25) is 0 Å². The Hall–Kier alpha value is -2.47. The minimum Gasteiger partial charge on any atom is -0.422 e. The van der Waals surface area contributed by atoms with E-state index in [4.69, 9.17) is 4.42 Å². The maximum Gasteiger partial charge on any atom is 0.349 e. The van der Waals surface area contributed by atoms with Crippen LogP contribution in [0.4, 0.5) is 0 Å². The first-order chi connectivity index (χ1) is 10.2. The molecule has 1 aromatic carbocycles. The van der Waals surface area contributed by atoms with Crippen molar-refractivity contribution in [3.05, 3.63) is 62.9 Å². The normalized spacial score (nSPS) is 10.7. The van der Waals surface area contributed by atoms with Gasteiger partial charge in [-0.25, -0.2) is 4.79 Å². The van der Waals surface area contributed by atoms with Gasteiger partial charge in [-0.2, -0.15) is 0 Å². The number of aromatic nitrogens is 1. The number of carbonyl (C=O) groups excluding carboxylic acids is 1. The topological polar surface area (TPSA) is 72.2 Å². The van der Waals surface area contributed by atoms with Crippen molar-refractivity contribution in [1.29, 1.82) is 0 Å². The van der Waals surface area contributed by atoms with Gasteiger partial charge in [0.1, 0.15) is 11.1 Å². The molecule has 1 amide bonds. The quantitative estimate of drug-likeness (QED) is 0.750. The second kappa shape index (κ2) is 5.88. The molecule has 106 valence electrons. The van der Waals surface area contributed by atoms with Crippen LogP contribution in [0, 0.1) is 0 Å². The van der Waals surface area contributed by atoms with Crippen LogP contribution in [-0.2, 0) is 6.42 Å². The van der Waals surface area contributed by atoms with E-state index in [9.17, 15) is 9.59 Å². The smallest absolute Gasteiger partial charge is 0.349 e. The monoisotopic (exact) mass is 300 g/mol. The molecule has 3 aromatic rings. The molecule has 21 heavy (non-hydrogen) atoms. The Morgan fingerprint density at radius 2 is 2.19 bits per heavy atom. The Morgan fingerprint density at radius 3 is 3.00 bits per heavy atom. The second-order valence-electron chi connectivity index (χ2n) is 4.46. The maximum absolute atomic E-state index is 12.1. The maximum atomic E-state index is 12.1. The van der Waals surface area contributed by atoms with Crippen molar-refractivity contribution in [3.8, 4) is 0 Å². The molecule has 0 aliphatic carbocycles. The van der Waals surface area contributed by atoms with Crippen LogP contribution >= 0.6 is 11.3 Å². The van der Waals surface area contributed by atoms with Crippen molar-refractivity contribution < 1.29 is 9.21 Å². The highest BCUT2D eigenvalue weighted by atomic mass is 32.1. The first-order valence-corrected chi connectivity index (χ1v) is 7.30. The van der Waals surface area contributed by atoms with Gasteiger partial charge in [-0.1, -0.05) is 18.2 Å². The average molecular weight is 300 g/mol. The molecule has 6 heteroatoms. The summed E-state index contributed by atoms with van der Waals surface area (Å²) in [6, 6.07) is 8.66. The van der Waals surface area contributed by atoms with Crippen LogP contribution in [0.5, 0.6) is 0 Å². The first kappa shape index (κ1) is 13.5. The molecule has 1 N–H and O–H groups in total. The highest BCUT2D eigenvalue weighted by molar-refractivity contribution is 7.09. The summed E-state index contributed by atoms with van der Waals surface area (Å²) in [4.78, 5) is 28.9. The van der Waals surface area contributed by atoms with E-state index in [1.165, 1.54) is 11.3 Å². The summed E-state index contributed by atoms with van der Waals surface area (Å²) < 4.78 is 5.14. The molecular weight excluding hydrogens is 288 g/mol. The van der Waals surface area contributed by atoms with E-state index >= 15 is 0 Å². The molecule has 5 nitrogen and oxygen atoms in total. The van der Waals surface area contributed by atoms with Gasteiger partial charge in [0.15, 0.2) is 0 Å². The number of amides is 1. The van der Waals surface area contributed by atoms with Gasteiger partial charge in [0.05, 0.1) is 5.51 Å². The molecule has 0 saturated heterocycles. The molecule has 0 unspecified atom stereocenters. The number of fused-ring (bicyclic) bond motifs is 1. The van der Waals surface area contributed by atoms with Crippen LogP contribution in [0.2, 0.25) is 0 Å². The minimum atomic E-state index is -0.621. The van der Waals surface area contributed by atoms with Gasteiger partial charge in [0.25, 0.3) is 5.91 Å². The molecule has 0 saturated carbocycles. The number of para-hydroxylation sites is 1. The summed E-state index contributed by atoms with van der Waals surface area (Å²) in [5.74, 6) is -0.418. The number of thiazole rings is 1. The SMILES string of the molecule is O=C(NCCc1cncs1)c1cc2ccccc2oc1=O. The predicted octanol–water partition coefficient (Wildman–Crippen LogP) is 2.22. The lowest BCUT2D eigenvalue weighted by molar-refractivity contribution is 0.0950. The zero-order chi connectivity index (χ0) is 14.7. The van der Waals surface area contributed by atoms with Crippen molar-refractivity contribution >= 4 is 28.2 Å². The van der Waals surface area contributed by atoms with E-state index in [0.29, 0.717) is 18.5 Å². The molecule has 0 atom stereocenters. The van der Waals surface area contributed by atoms with E-state index in [-0.39, 0.29) is 5.56 Å². The zero-order valence-electron chi connectivity index (χ0n) is 11.0. The number of hydrogen-bond acceptors (Lipinski definition) is 5. The molecule has 0 radical (unpaired) electrons. The van der Waals surface area contributed by atoms with Gasteiger partial charge >= 0.3 is 5.63 Å². The molecule has 0 spiro atoms. The number of benzene rings is 1. The Labute approximate surface area is 124 Å². The second-order valence-corrected chi connectivity index (χ2v) is 5.43. The average Bonchev–Trinajstić information content (AvgIpc) is 2.99. The van der Waals surface area contributed by atoms with E-state index in [1.807, 2.05) is 6.07 Å². The van der Waals surface area contributed by atoms with E-state index < -0.39 is 11.5 Å². The van der Waals surface area contributed by atoms with Crippen molar-refractivity contribution in [1.82, 2.24) is 10.3 Å². The molecule has 2 aromatic heterocycles. The Balaban J connectivity index is 1.75. The van der Waals surface area contributed by atoms with E-state index in [1.54, 1.807) is 36.0 Å². The first-order valence-electron chi connectivity index (χ1n) is 6.42. The van der Waals surface area contributed by atoms with Gasteiger partial charge in [-0.15, -0.1) is 11.3 Å². The van der Waals surface area contributed by atoms with Crippen molar-refractivity contribution in [2.75, 3.05) is 6.54 Å². The summed E-state index contributed by atoms with van der Waals surface area (Å²) >= 11 is 1.53. The highest BCUT2D eigenvalue weighted by Crippen LogP contribution is 2.12. The molecule has 3 rings (SSSR count). The molecular formula is C15H12N2O3S. The van der Waals surface area contributed by atoms with Crippen molar-refractivity contribution in [3.63, 3.8) is 0 Å². The number of hydrogen-bond donors (Lipinski definition) is 1. The van der Waals surface area contributed by atoms with Gasteiger partial charge in [-0.3, -0.25) is 9.78 Å². The van der Waals surface area contributed by atoms with Crippen molar-refractivity contribution in [2.24, 2.45) is 0 Å². The fourth-order valence-corrected chi connectivity index (χ4v) is 2.58. The summed E-state index contributed by atoms with van der Waals surface area (Å²) in [5.41, 5.74) is 1.63. The standard InChI is InChI=1S/C15H12N2O3S/c18-14(17-6-5-11-8-16-9-21-11)12-7-10-3-1-2-4-13(10)20-15(12)19/h1-4,7-9H,5-6H2,(H,17,18). The molecule has 0 bridgehead atoms. The predicted molar refractivity (Wildman–Crippen MR) is 80.6 cm³/mol. The zero-order valence-corrected chi connectivity index (χ0v) is 11.9.